The van der Waals surface area contributed by atoms with Crippen molar-refractivity contribution in [1.82, 2.24) is 15.1 Å². The number of hydrogen-bond acceptors (Lipinski definition) is 4. The van der Waals surface area contributed by atoms with E-state index < -0.39 is 0 Å². The van der Waals surface area contributed by atoms with Gasteiger partial charge in [0.25, 0.3) is 0 Å². The minimum Gasteiger partial charge on any atom is -0.496 e. The van der Waals surface area contributed by atoms with Crippen molar-refractivity contribution in [3.8, 4) is 5.75 Å². The molecule has 1 N–H and O–H groups in total. The van der Waals surface area contributed by atoms with Crippen LogP contribution in [0.4, 0.5) is 0 Å². The van der Waals surface area contributed by atoms with Crippen LogP contribution in [0.15, 0.2) is 18.2 Å². The summed E-state index contributed by atoms with van der Waals surface area (Å²) in [4.78, 5) is 5.10. The lowest BCUT2D eigenvalue weighted by atomic mass is 10.1. The number of hydrogen-bond donors (Lipinski definition) is 1. The molecule has 0 aliphatic carbocycles. The van der Waals surface area contributed by atoms with Crippen LogP contribution in [0.2, 0.25) is 0 Å². The molecule has 0 radical (unpaired) electrons. The van der Waals surface area contributed by atoms with Gasteiger partial charge in [0.15, 0.2) is 0 Å². The van der Waals surface area contributed by atoms with E-state index in [0.717, 1.165) is 31.9 Å². The minimum absolute atomic E-state index is 0.904. The third-order valence-corrected chi connectivity index (χ3v) is 4.12. The molecule has 1 saturated heterocycles. The van der Waals surface area contributed by atoms with Crippen LogP contribution in [0.25, 0.3) is 0 Å². The molecule has 0 spiro atoms. The van der Waals surface area contributed by atoms with Gasteiger partial charge >= 0.3 is 0 Å². The number of benzene rings is 1. The van der Waals surface area contributed by atoms with E-state index in [-0.39, 0.29) is 0 Å². The maximum Gasteiger partial charge on any atom is 0.123 e. The Balaban J connectivity index is 1.97. The monoisotopic (exact) mass is 291 g/mol. The predicted molar refractivity (Wildman–Crippen MR) is 87.8 cm³/mol. The van der Waals surface area contributed by atoms with Gasteiger partial charge in [0.2, 0.25) is 0 Å². The molecule has 1 aromatic rings. The number of nitrogens with one attached hydrogen (secondary N) is 1. The van der Waals surface area contributed by atoms with E-state index in [1.807, 2.05) is 7.05 Å². The number of rotatable bonds is 7. The molecule has 1 fully saturated rings. The summed E-state index contributed by atoms with van der Waals surface area (Å²) in [6.07, 6.45) is 1.25. The van der Waals surface area contributed by atoms with Gasteiger partial charge in [-0.1, -0.05) is 13.0 Å². The summed E-state index contributed by atoms with van der Waals surface area (Å²) in [6.45, 7) is 10.1. The number of methoxy groups -OCH3 is 1. The molecule has 1 heterocycles. The first kappa shape index (κ1) is 16.3. The van der Waals surface area contributed by atoms with Crippen LogP contribution >= 0.6 is 0 Å². The summed E-state index contributed by atoms with van der Waals surface area (Å²) in [6, 6.07) is 6.50. The SMILES string of the molecule is CCCN1CCN(Cc2cc(CNC)ccc2OC)CC1. The number of piperazine rings is 1. The van der Waals surface area contributed by atoms with Crippen LogP contribution < -0.4 is 10.1 Å². The molecule has 0 amide bonds. The minimum atomic E-state index is 0.904. The van der Waals surface area contributed by atoms with Crippen molar-refractivity contribution in [1.29, 1.82) is 0 Å². The van der Waals surface area contributed by atoms with E-state index in [1.165, 1.54) is 37.2 Å². The van der Waals surface area contributed by atoms with Crippen molar-refractivity contribution in [2.75, 3.05) is 46.9 Å². The molecular weight excluding hydrogens is 262 g/mol. The summed E-state index contributed by atoms with van der Waals surface area (Å²) >= 11 is 0. The highest BCUT2D eigenvalue weighted by atomic mass is 16.5. The lowest BCUT2D eigenvalue weighted by Gasteiger charge is -2.34. The largest absolute Gasteiger partial charge is 0.496 e. The van der Waals surface area contributed by atoms with Crippen molar-refractivity contribution >= 4 is 0 Å². The van der Waals surface area contributed by atoms with Crippen LogP contribution in [-0.4, -0.2) is 56.7 Å². The van der Waals surface area contributed by atoms with Gasteiger partial charge in [0.05, 0.1) is 7.11 Å². The molecule has 118 valence electrons. The van der Waals surface area contributed by atoms with Crippen molar-refractivity contribution in [2.24, 2.45) is 0 Å². The zero-order chi connectivity index (χ0) is 15.1. The Hall–Kier alpha value is -1.10. The maximum absolute atomic E-state index is 5.52. The highest BCUT2D eigenvalue weighted by Crippen LogP contribution is 2.22. The molecule has 1 aliphatic rings. The van der Waals surface area contributed by atoms with E-state index in [4.69, 9.17) is 4.74 Å². The van der Waals surface area contributed by atoms with Crippen molar-refractivity contribution in [2.45, 2.75) is 26.4 Å². The van der Waals surface area contributed by atoms with E-state index in [1.54, 1.807) is 7.11 Å². The molecule has 4 nitrogen and oxygen atoms in total. The van der Waals surface area contributed by atoms with Gasteiger partial charge in [0, 0.05) is 44.8 Å². The van der Waals surface area contributed by atoms with E-state index in [2.05, 4.69) is 40.2 Å². The molecule has 1 aromatic carbocycles. The van der Waals surface area contributed by atoms with Crippen LogP contribution in [0, 0.1) is 0 Å². The van der Waals surface area contributed by atoms with E-state index in [0.29, 0.717) is 0 Å². The Morgan fingerprint density at radius 1 is 1.14 bits per heavy atom. The fraction of sp³-hybridized carbons (Fsp3) is 0.647. The Morgan fingerprint density at radius 2 is 1.86 bits per heavy atom. The summed E-state index contributed by atoms with van der Waals surface area (Å²) in [5.41, 5.74) is 2.62. The lowest BCUT2D eigenvalue weighted by molar-refractivity contribution is 0.126. The quantitative estimate of drug-likeness (QED) is 0.831. The summed E-state index contributed by atoms with van der Waals surface area (Å²) in [5, 5.41) is 3.21. The molecule has 0 saturated carbocycles. The Labute approximate surface area is 129 Å². The first-order valence-corrected chi connectivity index (χ1v) is 8.02. The van der Waals surface area contributed by atoms with Crippen molar-refractivity contribution in [3.05, 3.63) is 29.3 Å². The molecule has 0 unspecified atom stereocenters. The zero-order valence-corrected chi connectivity index (χ0v) is 13.7. The Morgan fingerprint density at radius 3 is 2.48 bits per heavy atom. The molecule has 0 aromatic heterocycles. The smallest absolute Gasteiger partial charge is 0.123 e. The zero-order valence-electron chi connectivity index (χ0n) is 13.7. The van der Waals surface area contributed by atoms with Gasteiger partial charge in [-0.25, -0.2) is 0 Å². The molecule has 2 rings (SSSR count). The maximum atomic E-state index is 5.52. The topological polar surface area (TPSA) is 27.7 Å². The summed E-state index contributed by atoms with van der Waals surface area (Å²) < 4.78 is 5.52. The first-order chi connectivity index (χ1) is 10.3. The van der Waals surface area contributed by atoms with Crippen LogP contribution in [0.1, 0.15) is 24.5 Å². The normalized spacial score (nSPS) is 17.1. The number of ether oxygens (including phenoxy) is 1. The number of nitrogens with zero attached hydrogens (tertiary/aromatic N) is 2. The fourth-order valence-corrected chi connectivity index (χ4v) is 3.00. The average molecular weight is 291 g/mol. The third-order valence-electron chi connectivity index (χ3n) is 4.12. The Kier molecular flexibility index (Phi) is 6.49. The van der Waals surface area contributed by atoms with Gasteiger partial charge in [-0.15, -0.1) is 0 Å². The molecule has 21 heavy (non-hydrogen) atoms. The fourth-order valence-electron chi connectivity index (χ4n) is 3.00. The summed E-state index contributed by atoms with van der Waals surface area (Å²) in [5.74, 6) is 1.01. The molecule has 1 aliphatic heterocycles. The summed E-state index contributed by atoms with van der Waals surface area (Å²) in [7, 11) is 3.74. The van der Waals surface area contributed by atoms with Gasteiger partial charge in [0.1, 0.15) is 5.75 Å². The molecule has 0 bridgehead atoms. The third kappa shape index (κ3) is 4.70. The van der Waals surface area contributed by atoms with Crippen molar-refractivity contribution in [3.63, 3.8) is 0 Å². The van der Waals surface area contributed by atoms with Gasteiger partial charge in [-0.2, -0.15) is 0 Å². The van der Waals surface area contributed by atoms with E-state index >= 15 is 0 Å². The molecule has 0 atom stereocenters. The van der Waals surface area contributed by atoms with Gasteiger partial charge in [-0.3, -0.25) is 4.90 Å². The highest BCUT2D eigenvalue weighted by molar-refractivity contribution is 5.37. The van der Waals surface area contributed by atoms with Gasteiger partial charge in [-0.05, 0) is 37.7 Å². The lowest BCUT2D eigenvalue weighted by Crippen LogP contribution is -2.46. The van der Waals surface area contributed by atoms with Crippen molar-refractivity contribution < 1.29 is 4.74 Å². The van der Waals surface area contributed by atoms with E-state index in [9.17, 15) is 0 Å². The second-order valence-corrected chi connectivity index (χ2v) is 5.79. The Bertz CT molecular complexity index is 428. The van der Waals surface area contributed by atoms with Gasteiger partial charge < -0.3 is 15.0 Å². The highest BCUT2D eigenvalue weighted by Gasteiger charge is 2.17. The molecule has 4 heteroatoms. The second-order valence-electron chi connectivity index (χ2n) is 5.79. The van der Waals surface area contributed by atoms with Crippen LogP contribution in [-0.2, 0) is 13.1 Å². The standard InChI is InChI=1S/C17H29N3O/c1-4-7-19-8-10-20(11-9-19)14-16-12-15(13-18-2)5-6-17(16)21-3/h5-6,12,18H,4,7-11,13-14H2,1-3H3. The predicted octanol–water partition coefficient (Wildman–Crippen LogP) is 1.94. The first-order valence-electron chi connectivity index (χ1n) is 8.02. The molecular formula is C17H29N3O. The average Bonchev–Trinajstić information content (AvgIpc) is 2.50. The van der Waals surface area contributed by atoms with Crippen LogP contribution in [0.3, 0.4) is 0 Å². The van der Waals surface area contributed by atoms with Crippen LogP contribution in [0.5, 0.6) is 5.75 Å². The second kappa shape index (κ2) is 8.37.